The lowest BCUT2D eigenvalue weighted by Crippen LogP contribution is -2.20. The highest BCUT2D eigenvalue weighted by atomic mass is 35.5. The molecular formula is C13H16Cl2FN. The highest BCUT2D eigenvalue weighted by molar-refractivity contribution is 6.31. The minimum absolute atomic E-state index is 0.221. The summed E-state index contributed by atoms with van der Waals surface area (Å²) in [6, 6.07) is 4.54. The van der Waals surface area contributed by atoms with Crippen molar-refractivity contribution >= 4 is 23.2 Å². The van der Waals surface area contributed by atoms with Crippen LogP contribution in [0.25, 0.3) is 0 Å². The van der Waals surface area contributed by atoms with E-state index in [0.717, 1.165) is 37.5 Å². The summed E-state index contributed by atoms with van der Waals surface area (Å²) in [6.07, 6.45) is 2.24. The zero-order valence-electron chi connectivity index (χ0n) is 9.63. The molecule has 2 rings (SSSR count). The smallest absolute Gasteiger partial charge is 0.123 e. The van der Waals surface area contributed by atoms with Gasteiger partial charge in [-0.2, -0.15) is 0 Å². The Hall–Kier alpha value is -0.310. The van der Waals surface area contributed by atoms with E-state index in [4.69, 9.17) is 23.2 Å². The second-order valence-electron chi connectivity index (χ2n) is 4.60. The second-order valence-corrected chi connectivity index (χ2v) is 5.39. The molecule has 1 aliphatic rings. The minimum Gasteiger partial charge on any atom is -0.299 e. The molecule has 0 amide bonds. The first-order valence-corrected chi connectivity index (χ1v) is 6.82. The molecule has 1 saturated heterocycles. The van der Waals surface area contributed by atoms with E-state index in [2.05, 4.69) is 4.90 Å². The van der Waals surface area contributed by atoms with E-state index in [9.17, 15) is 4.39 Å². The van der Waals surface area contributed by atoms with Crippen LogP contribution in [0.4, 0.5) is 4.39 Å². The minimum atomic E-state index is -0.221. The molecule has 0 bridgehead atoms. The maximum atomic E-state index is 13.1. The van der Waals surface area contributed by atoms with E-state index >= 15 is 0 Å². The number of nitrogens with zero attached hydrogens (tertiary/aromatic N) is 1. The van der Waals surface area contributed by atoms with Crippen molar-refractivity contribution in [2.24, 2.45) is 5.92 Å². The van der Waals surface area contributed by atoms with Crippen LogP contribution < -0.4 is 0 Å². The van der Waals surface area contributed by atoms with Crippen LogP contribution in [-0.2, 0) is 6.54 Å². The summed E-state index contributed by atoms with van der Waals surface area (Å²) >= 11 is 11.8. The number of alkyl halides is 1. The standard InChI is InChI=1S/C13H16Cl2FN/c14-5-3-10-4-6-17(8-10)9-11-7-12(16)1-2-13(11)15/h1-2,7,10H,3-6,8-9H2. The maximum Gasteiger partial charge on any atom is 0.123 e. The summed E-state index contributed by atoms with van der Waals surface area (Å²) in [5, 5.41) is 0.646. The fourth-order valence-corrected chi connectivity index (χ4v) is 2.84. The van der Waals surface area contributed by atoms with Gasteiger partial charge in [-0.25, -0.2) is 4.39 Å². The van der Waals surface area contributed by atoms with Gasteiger partial charge < -0.3 is 0 Å². The molecule has 1 unspecified atom stereocenters. The van der Waals surface area contributed by atoms with Crippen molar-refractivity contribution in [1.82, 2.24) is 4.90 Å². The van der Waals surface area contributed by atoms with E-state index in [1.165, 1.54) is 18.6 Å². The van der Waals surface area contributed by atoms with Gasteiger partial charge in [0, 0.05) is 24.0 Å². The predicted molar refractivity (Wildman–Crippen MR) is 70.1 cm³/mol. The van der Waals surface area contributed by atoms with Gasteiger partial charge in [0.1, 0.15) is 5.82 Å². The average molecular weight is 276 g/mol. The lowest BCUT2D eigenvalue weighted by Gasteiger charge is -2.16. The van der Waals surface area contributed by atoms with Gasteiger partial charge in [0.25, 0.3) is 0 Å². The highest BCUT2D eigenvalue weighted by Gasteiger charge is 2.22. The molecule has 0 aliphatic carbocycles. The third-order valence-corrected chi connectivity index (χ3v) is 3.88. The fourth-order valence-electron chi connectivity index (χ4n) is 2.35. The van der Waals surface area contributed by atoms with Crippen LogP contribution in [0.3, 0.4) is 0 Å². The lowest BCUT2D eigenvalue weighted by molar-refractivity contribution is 0.315. The van der Waals surface area contributed by atoms with Crippen LogP contribution in [0.2, 0.25) is 5.02 Å². The van der Waals surface area contributed by atoms with E-state index in [1.807, 2.05) is 0 Å². The first kappa shape index (κ1) is 13.1. The van der Waals surface area contributed by atoms with Gasteiger partial charge in [-0.05, 0) is 49.1 Å². The molecular weight excluding hydrogens is 260 g/mol. The molecule has 0 radical (unpaired) electrons. The van der Waals surface area contributed by atoms with Gasteiger partial charge in [0.2, 0.25) is 0 Å². The van der Waals surface area contributed by atoms with E-state index in [0.29, 0.717) is 10.9 Å². The molecule has 94 valence electrons. The van der Waals surface area contributed by atoms with Gasteiger partial charge in [-0.3, -0.25) is 4.90 Å². The van der Waals surface area contributed by atoms with Gasteiger partial charge in [-0.15, -0.1) is 11.6 Å². The maximum absolute atomic E-state index is 13.1. The molecule has 0 spiro atoms. The van der Waals surface area contributed by atoms with Gasteiger partial charge in [0.05, 0.1) is 0 Å². The van der Waals surface area contributed by atoms with E-state index in [1.54, 1.807) is 6.07 Å². The Labute approximate surface area is 112 Å². The lowest BCUT2D eigenvalue weighted by atomic mass is 10.1. The molecule has 4 heteroatoms. The third kappa shape index (κ3) is 3.57. The van der Waals surface area contributed by atoms with Gasteiger partial charge in [-0.1, -0.05) is 11.6 Å². The van der Waals surface area contributed by atoms with Crippen molar-refractivity contribution in [2.45, 2.75) is 19.4 Å². The second kappa shape index (κ2) is 6.03. The molecule has 1 aromatic carbocycles. The average Bonchev–Trinajstić information content (AvgIpc) is 2.72. The molecule has 1 heterocycles. The van der Waals surface area contributed by atoms with Crippen molar-refractivity contribution in [2.75, 3.05) is 19.0 Å². The number of rotatable bonds is 4. The summed E-state index contributed by atoms with van der Waals surface area (Å²) in [7, 11) is 0. The van der Waals surface area contributed by atoms with Crippen molar-refractivity contribution in [1.29, 1.82) is 0 Å². The molecule has 0 saturated carbocycles. The quantitative estimate of drug-likeness (QED) is 0.753. The summed E-state index contributed by atoms with van der Waals surface area (Å²) in [4.78, 5) is 2.32. The van der Waals surface area contributed by atoms with Crippen molar-refractivity contribution in [3.63, 3.8) is 0 Å². The molecule has 1 aliphatic heterocycles. The Morgan fingerprint density at radius 2 is 2.24 bits per heavy atom. The number of halogens is 3. The fraction of sp³-hybridized carbons (Fsp3) is 0.538. The molecule has 0 N–H and O–H groups in total. The highest BCUT2D eigenvalue weighted by Crippen LogP contribution is 2.24. The molecule has 1 nitrogen and oxygen atoms in total. The molecule has 0 aromatic heterocycles. The van der Waals surface area contributed by atoms with Gasteiger partial charge in [0.15, 0.2) is 0 Å². The first-order valence-electron chi connectivity index (χ1n) is 5.91. The Kier molecular flexibility index (Phi) is 4.66. The van der Waals surface area contributed by atoms with E-state index in [-0.39, 0.29) is 5.82 Å². The van der Waals surface area contributed by atoms with Crippen LogP contribution in [0, 0.1) is 11.7 Å². The summed E-state index contributed by atoms with van der Waals surface area (Å²) < 4.78 is 13.1. The monoisotopic (exact) mass is 275 g/mol. The number of hydrogen-bond donors (Lipinski definition) is 0. The van der Waals surface area contributed by atoms with Crippen LogP contribution in [0.5, 0.6) is 0 Å². The Balaban J connectivity index is 1.95. The zero-order valence-corrected chi connectivity index (χ0v) is 11.1. The molecule has 1 atom stereocenters. The largest absolute Gasteiger partial charge is 0.299 e. The van der Waals surface area contributed by atoms with Gasteiger partial charge >= 0.3 is 0 Å². The number of benzene rings is 1. The topological polar surface area (TPSA) is 3.24 Å². The van der Waals surface area contributed by atoms with Crippen LogP contribution in [-0.4, -0.2) is 23.9 Å². The Bertz CT molecular complexity index is 384. The zero-order chi connectivity index (χ0) is 12.3. The van der Waals surface area contributed by atoms with E-state index < -0.39 is 0 Å². The van der Waals surface area contributed by atoms with Crippen molar-refractivity contribution in [3.8, 4) is 0 Å². The predicted octanol–water partition coefficient (Wildman–Crippen LogP) is 3.93. The van der Waals surface area contributed by atoms with Crippen molar-refractivity contribution in [3.05, 3.63) is 34.6 Å². The number of hydrogen-bond acceptors (Lipinski definition) is 1. The summed E-state index contributed by atoms with van der Waals surface area (Å²) in [5.41, 5.74) is 0.873. The molecule has 1 aromatic rings. The Morgan fingerprint density at radius 3 is 3.00 bits per heavy atom. The SMILES string of the molecule is Fc1ccc(Cl)c(CN2CCC(CCCl)C2)c1. The van der Waals surface area contributed by atoms with Crippen LogP contribution >= 0.6 is 23.2 Å². The Morgan fingerprint density at radius 1 is 1.41 bits per heavy atom. The molecule has 17 heavy (non-hydrogen) atoms. The summed E-state index contributed by atoms with van der Waals surface area (Å²) in [6.45, 7) is 2.82. The summed E-state index contributed by atoms with van der Waals surface area (Å²) in [5.74, 6) is 1.18. The number of likely N-dealkylation sites (tertiary alicyclic amines) is 1. The first-order chi connectivity index (χ1) is 8.19. The van der Waals surface area contributed by atoms with Crippen LogP contribution in [0.15, 0.2) is 18.2 Å². The van der Waals surface area contributed by atoms with Crippen LogP contribution in [0.1, 0.15) is 18.4 Å². The molecule has 1 fully saturated rings. The normalized spacial score (nSPS) is 21.0. The van der Waals surface area contributed by atoms with Crippen molar-refractivity contribution < 1.29 is 4.39 Å². The third-order valence-electron chi connectivity index (χ3n) is 3.29.